The molecule has 1 N–H and O–H groups in total. The Balaban J connectivity index is 1.33. The van der Waals surface area contributed by atoms with Crippen molar-refractivity contribution in [3.63, 3.8) is 0 Å². The van der Waals surface area contributed by atoms with Crippen LogP contribution in [0.15, 0.2) is 18.2 Å². The Hall–Kier alpha value is -1.79. The monoisotopic (exact) mass is 429 g/mol. The lowest BCUT2D eigenvalue weighted by atomic mass is 9.77. The standard InChI is InChI=1S/C25H39N3O3/c1-19-17-21(27-14-8-22(18-27)28-13-4-5-20(28)2)6-7-23(19)26-12-9-25(24(29)30-3)10-15-31-16-11-25/h6-7,17,20,22,26H,4-5,8-16,18H2,1-3H3/t20-,22?/m0/s1. The van der Waals surface area contributed by atoms with Gasteiger partial charge in [-0.3, -0.25) is 9.69 Å². The molecule has 1 aromatic carbocycles. The van der Waals surface area contributed by atoms with Gasteiger partial charge in [-0.25, -0.2) is 0 Å². The van der Waals surface area contributed by atoms with E-state index in [1.165, 1.54) is 44.2 Å². The molecule has 4 rings (SSSR count). The summed E-state index contributed by atoms with van der Waals surface area (Å²) in [5.74, 6) is -0.0967. The van der Waals surface area contributed by atoms with Crippen LogP contribution in [0, 0.1) is 12.3 Å². The highest BCUT2D eigenvalue weighted by Gasteiger charge is 2.40. The zero-order valence-electron chi connectivity index (χ0n) is 19.5. The van der Waals surface area contributed by atoms with Gasteiger partial charge in [0.15, 0.2) is 0 Å². The van der Waals surface area contributed by atoms with Crippen LogP contribution in [0.25, 0.3) is 0 Å². The third-order valence-corrected chi connectivity index (χ3v) is 7.80. The summed E-state index contributed by atoms with van der Waals surface area (Å²) in [5, 5.41) is 3.57. The van der Waals surface area contributed by atoms with E-state index in [-0.39, 0.29) is 5.97 Å². The van der Waals surface area contributed by atoms with Gasteiger partial charge in [0, 0.05) is 56.3 Å². The second kappa shape index (κ2) is 9.78. The number of ether oxygens (including phenoxy) is 2. The lowest BCUT2D eigenvalue weighted by Gasteiger charge is -2.34. The summed E-state index contributed by atoms with van der Waals surface area (Å²) >= 11 is 0. The zero-order valence-corrected chi connectivity index (χ0v) is 19.5. The van der Waals surface area contributed by atoms with E-state index in [0.29, 0.717) is 19.3 Å². The van der Waals surface area contributed by atoms with E-state index in [9.17, 15) is 4.79 Å². The number of hydrogen-bond donors (Lipinski definition) is 1. The van der Waals surface area contributed by atoms with Crippen molar-refractivity contribution in [2.75, 3.05) is 56.7 Å². The molecule has 0 spiro atoms. The van der Waals surface area contributed by atoms with Crippen LogP contribution in [0.2, 0.25) is 0 Å². The van der Waals surface area contributed by atoms with Crippen LogP contribution in [-0.4, -0.2) is 69.5 Å². The maximum absolute atomic E-state index is 12.4. The van der Waals surface area contributed by atoms with E-state index in [1.807, 2.05) is 0 Å². The molecule has 0 bridgehead atoms. The number of esters is 1. The fraction of sp³-hybridized carbons (Fsp3) is 0.720. The first-order valence-corrected chi connectivity index (χ1v) is 12.0. The number of anilines is 2. The van der Waals surface area contributed by atoms with Gasteiger partial charge in [-0.2, -0.15) is 0 Å². The number of likely N-dealkylation sites (tertiary alicyclic amines) is 1. The SMILES string of the molecule is COC(=O)C1(CCNc2ccc(N3CCC(N4CCC[C@@H]4C)C3)cc2C)CCOCC1. The minimum Gasteiger partial charge on any atom is -0.469 e. The van der Waals surface area contributed by atoms with E-state index in [0.717, 1.165) is 50.6 Å². The summed E-state index contributed by atoms with van der Waals surface area (Å²) in [5.41, 5.74) is 3.33. The van der Waals surface area contributed by atoms with E-state index < -0.39 is 5.41 Å². The van der Waals surface area contributed by atoms with Crippen molar-refractivity contribution in [1.29, 1.82) is 0 Å². The number of nitrogens with one attached hydrogen (secondary N) is 1. The minimum absolute atomic E-state index is 0.0967. The van der Waals surface area contributed by atoms with Crippen LogP contribution in [0.4, 0.5) is 11.4 Å². The maximum atomic E-state index is 12.4. The number of aryl methyl sites for hydroxylation is 1. The Kier molecular flexibility index (Phi) is 7.07. The van der Waals surface area contributed by atoms with Crippen LogP contribution in [0.5, 0.6) is 0 Å². The molecule has 1 aromatic rings. The summed E-state index contributed by atoms with van der Waals surface area (Å²) in [4.78, 5) is 17.7. The number of hydrogen-bond acceptors (Lipinski definition) is 6. The molecular weight excluding hydrogens is 390 g/mol. The second-order valence-corrected chi connectivity index (χ2v) is 9.68. The quantitative estimate of drug-likeness (QED) is 0.665. The fourth-order valence-electron chi connectivity index (χ4n) is 5.76. The summed E-state index contributed by atoms with van der Waals surface area (Å²) in [7, 11) is 1.49. The lowest BCUT2D eigenvalue weighted by Crippen LogP contribution is -2.39. The molecule has 6 nitrogen and oxygen atoms in total. The molecule has 3 aliphatic rings. The molecule has 3 aliphatic heterocycles. The van der Waals surface area contributed by atoms with Crippen LogP contribution < -0.4 is 10.2 Å². The van der Waals surface area contributed by atoms with E-state index >= 15 is 0 Å². The van der Waals surface area contributed by atoms with Crippen molar-refractivity contribution in [2.45, 2.75) is 64.5 Å². The third kappa shape index (κ3) is 4.85. The van der Waals surface area contributed by atoms with Crippen molar-refractivity contribution in [3.05, 3.63) is 23.8 Å². The van der Waals surface area contributed by atoms with Crippen LogP contribution in [-0.2, 0) is 14.3 Å². The molecular formula is C25H39N3O3. The highest BCUT2D eigenvalue weighted by Crippen LogP contribution is 2.36. The number of carbonyl (C=O) groups is 1. The highest BCUT2D eigenvalue weighted by atomic mass is 16.5. The summed E-state index contributed by atoms with van der Waals surface area (Å²) in [6, 6.07) is 8.19. The van der Waals surface area contributed by atoms with Gasteiger partial charge in [-0.05, 0) is 82.7 Å². The second-order valence-electron chi connectivity index (χ2n) is 9.68. The summed E-state index contributed by atoms with van der Waals surface area (Å²) < 4.78 is 10.6. The van der Waals surface area contributed by atoms with Crippen molar-refractivity contribution in [3.8, 4) is 0 Å². The molecule has 3 saturated heterocycles. The van der Waals surface area contributed by atoms with Crippen molar-refractivity contribution < 1.29 is 14.3 Å². The molecule has 0 aliphatic carbocycles. The first kappa shape index (κ1) is 22.4. The predicted molar refractivity (Wildman–Crippen MR) is 125 cm³/mol. The molecule has 0 aromatic heterocycles. The van der Waals surface area contributed by atoms with Gasteiger partial charge in [0.05, 0.1) is 12.5 Å². The average Bonchev–Trinajstić information content (AvgIpc) is 3.44. The van der Waals surface area contributed by atoms with Gasteiger partial charge in [-0.15, -0.1) is 0 Å². The van der Waals surface area contributed by atoms with Gasteiger partial charge < -0.3 is 19.7 Å². The molecule has 3 fully saturated rings. The summed E-state index contributed by atoms with van der Waals surface area (Å²) in [6.07, 6.45) is 6.21. The predicted octanol–water partition coefficient (Wildman–Crippen LogP) is 3.83. The van der Waals surface area contributed by atoms with Gasteiger partial charge in [-0.1, -0.05) is 0 Å². The Bertz CT molecular complexity index is 762. The average molecular weight is 430 g/mol. The van der Waals surface area contributed by atoms with Gasteiger partial charge in [0.25, 0.3) is 0 Å². The molecule has 3 heterocycles. The third-order valence-electron chi connectivity index (χ3n) is 7.80. The van der Waals surface area contributed by atoms with E-state index in [2.05, 4.69) is 47.2 Å². The molecule has 0 amide bonds. The van der Waals surface area contributed by atoms with E-state index in [1.54, 1.807) is 0 Å². The molecule has 1 unspecified atom stereocenters. The fourth-order valence-corrected chi connectivity index (χ4v) is 5.76. The van der Waals surface area contributed by atoms with Crippen LogP contribution in [0.1, 0.15) is 51.0 Å². The number of carbonyl (C=O) groups excluding carboxylic acids is 1. The van der Waals surface area contributed by atoms with Gasteiger partial charge in [0.1, 0.15) is 0 Å². The highest BCUT2D eigenvalue weighted by molar-refractivity contribution is 5.77. The van der Waals surface area contributed by atoms with Crippen molar-refractivity contribution in [1.82, 2.24) is 4.90 Å². The number of benzene rings is 1. The summed E-state index contributed by atoms with van der Waals surface area (Å²) in [6.45, 7) is 10.1. The largest absolute Gasteiger partial charge is 0.469 e. The number of rotatable bonds is 7. The Labute approximate surface area is 187 Å². The molecule has 2 atom stereocenters. The topological polar surface area (TPSA) is 54.0 Å². The number of nitrogens with zero attached hydrogens (tertiary/aromatic N) is 2. The zero-order chi connectivity index (χ0) is 21.8. The Morgan fingerprint density at radius 3 is 2.74 bits per heavy atom. The van der Waals surface area contributed by atoms with Crippen molar-refractivity contribution in [2.24, 2.45) is 5.41 Å². The number of methoxy groups -OCH3 is 1. The first-order chi connectivity index (χ1) is 15.0. The smallest absolute Gasteiger partial charge is 0.312 e. The van der Waals surface area contributed by atoms with Crippen LogP contribution >= 0.6 is 0 Å². The molecule has 172 valence electrons. The molecule has 0 radical (unpaired) electrons. The Morgan fingerprint density at radius 1 is 1.26 bits per heavy atom. The lowest BCUT2D eigenvalue weighted by molar-refractivity contribution is -0.159. The van der Waals surface area contributed by atoms with Crippen molar-refractivity contribution >= 4 is 17.3 Å². The van der Waals surface area contributed by atoms with Gasteiger partial charge >= 0.3 is 5.97 Å². The maximum Gasteiger partial charge on any atom is 0.312 e. The molecule has 31 heavy (non-hydrogen) atoms. The molecule has 0 saturated carbocycles. The first-order valence-electron chi connectivity index (χ1n) is 12.0. The normalized spacial score (nSPS) is 26.2. The van der Waals surface area contributed by atoms with Gasteiger partial charge in [0.2, 0.25) is 0 Å². The van der Waals surface area contributed by atoms with Crippen LogP contribution in [0.3, 0.4) is 0 Å². The van der Waals surface area contributed by atoms with E-state index in [4.69, 9.17) is 9.47 Å². The minimum atomic E-state index is -0.412. The molecule has 6 heteroatoms. The Morgan fingerprint density at radius 2 is 2.06 bits per heavy atom.